The van der Waals surface area contributed by atoms with E-state index < -0.39 is 0 Å². The average molecular weight is 392 g/mol. The van der Waals surface area contributed by atoms with Crippen molar-refractivity contribution in [3.05, 3.63) is 65.2 Å². The van der Waals surface area contributed by atoms with Gasteiger partial charge in [0.05, 0.1) is 11.8 Å². The number of benzene rings is 2. The number of aryl methyl sites for hydroxylation is 2. The fourth-order valence-electron chi connectivity index (χ4n) is 4.03. The zero-order valence-electron chi connectivity index (χ0n) is 17.2. The molecule has 2 aliphatic rings. The number of amides is 2. The van der Waals surface area contributed by atoms with Gasteiger partial charge in [-0.25, -0.2) is 0 Å². The van der Waals surface area contributed by atoms with Crippen molar-refractivity contribution in [1.82, 2.24) is 10.2 Å². The predicted molar refractivity (Wildman–Crippen MR) is 115 cm³/mol. The third-order valence-electron chi connectivity index (χ3n) is 5.99. The first-order chi connectivity index (χ1) is 14.0. The van der Waals surface area contributed by atoms with Crippen LogP contribution in [-0.2, 0) is 16.1 Å². The molecule has 2 aromatic carbocycles. The van der Waals surface area contributed by atoms with Crippen LogP contribution in [0.3, 0.4) is 0 Å². The highest BCUT2D eigenvalue weighted by Crippen LogP contribution is 2.40. The second-order valence-corrected chi connectivity index (χ2v) is 8.30. The quantitative estimate of drug-likeness (QED) is 0.853. The molecule has 1 aliphatic carbocycles. The van der Waals surface area contributed by atoms with Crippen molar-refractivity contribution in [3.63, 3.8) is 0 Å². The Morgan fingerprint density at radius 3 is 2.34 bits per heavy atom. The van der Waals surface area contributed by atoms with Crippen molar-refractivity contribution in [1.29, 1.82) is 0 Å². The van der Waals surface area contributed by atoms with Gasteiger partial charge in [0.25, 0.3) is 0 Å². The summed E-state index contributed by atoms with van der Waals surface area (Å²) in [6, 6.07) is 16.6. The third kappa shape index (κ3) is 4.61. The van der Waals surface area contributed by atoms with Crippen LogP contribution in [0.5, 0.6) is 0 Å². The first-order valence-corrected chi connectivity index (χ1v) is 10.4. The van der Waals surface area contributed by atoms with Crippen molar-refractivity contribution in [2.24, 2.45) is 11.8 Å². The van der Waals surface area contributed by atoms with E-state index in [4.69, 9.17) is 0 Å². The Labute approximate surface area is 172 Å². The van der Waals surface area contributed by atoms with Gasteiger partial charge in [-0.15, -0.1) is 0 Å². The molecular weight excluding hydrogens is 362 g/mol. The van der Waals surface area contributed by atoms with Crippen LogP contribution in [0.2, 0.25) is 0 Å². The van der Waals surface area contributed by atoms with E-state index >= 15 is 0 Å². The molecule has 1 N–H and O–H groups in total. The highest BCUT2D eigenvalue weighted by molar-refractivity contribution is 5.92. The molecule has 5 heteroatoms. The standard InChI is InChI=1S/C24H29N3O2/c1-17-6-8-19(9-7-17)16-25-23(28)21-15-22(21)24(29)27-12-10-26(11-13-27)20-5-3-4-18(2)14-20/h3-9,14,21-22H,10-13,15-16H2,1-2H3,(H,25,28). The minimum atomic E-state index is -0.164. The molecule has 1 saturated heterocycles. The topological polar surface area (TPSA) is 52.7 Å². The van der Waals surface area contributed by atoms with Gasteiger partial charge in [0.2, 0.25) is 11.8 Å². The smallest absolute Gasteiger partial charge is 0.226 e. The Hall–Kier alpha value is -2.82. The number of anilines is 1. The first-order valence-electron chi connectivity index (χ1n) is 10.4. The summed E-state index contributed by atoms with van der Waals surface area (Å²) in [6.45, 7) is 7.79. The number of piperazine rings is 1. The Morgan fingerprint density at radius 2 is 1.66 bits per heavy atom. The zero-order chi connectivity index (χ0) is 20.4. The number of hydrogen-bond donors (Lipinski definition) is 1. The van der Waals surface area contributed by atoms with Crippen molar-refractivity contribution < 1.29 is 9.59 Å². The number of carbonyl (C=O) groups is 2. The maximum absolute atomic E-state index is 12.8. The number of nitrogens with zero attached hydrogens (tertiary/aromatic N) is 2. The van der Waals surface area contributed by atoms with Crippen LogP contribution in [0.15, 0.2) is 48.5 Å². The van der Waals surface area contributed by atoms with E-state index in [2.05, 4.69) is 41.4 Å². The van der Waals surface area contributed by atoms with Crippen LogP contribution in [0.25, 0.3) is 0 Å². The zero-order valence-corrected chi connectivity index (χ0v) is 17.2. The Balaban J connectivity index is 1.24. The number of hydrogen-bond acceptors (Lipinski definition) is 3. The van der Waals surface area contributed by atoms with E-state index in [1.54, 1.807) is 0 Å². The first kappa shape index (κ1) is 19.5. The molecule has 0 aromatic heterocycles. The summed E-state index contributed by atoms with van der Waals surface area (Å²) in [4.78, 5) is 29.5. The molecule has 152 valence electrons. The second-order valence-electron chi connectivity index (χ2n) is 8.30. The number of rotatable bonds is 5. The van der Waals surface area contributed by atoms with Gasteiger partial charge < -0.3 is 15.1 Å². The summed E-state index contributed by atoms with van der Waals surface area (Å²) in [6.07, 6.45) is 0.677. The lowest BCUT2D eigenvalue weighted by molar-refractivity contribution is -0.135. The lowest BCUT2D eigenvalue weighted by Gasteiger charge is -2.36. The third-order valence-corrected chi connectivity index (χ3v) is 5.99. The van der Waals surface area contributed by atoms with E-state index in [1.165, 1.54) is 16.8 Å². The monoisotopic (exact) mass is 391 g/mol. The van der Waals surface area contributed by atoms with Crippen LogP contribution in [0, 0.1) is 25.7 Å². The molecule has 1 saturated carbocycles. The van der Waals surface area contributed by atoms with E-state index in [0.29, 0.717) is 13.0 Å². The molecule has 2 amide bonds. The Kier molecular flexibility index (Phi) is 5.56. The SMILES string of the molecule is Cc1ccc(CNC(=O)C2CC2C(=O)N2CCN(c3cccc(C)c3)CC2)cc1. The highest BCUT2D eigenvalue weighted by atomic mass is 16.2. The minimum absolute atomic E-state index is 0.00215. The van der Waals surface area contributed by atoms with Gasteiger partial charge in [-0.1, -0.05) is 42.0 Å². The fourth-order valence-corrected chi connectivity index (χ4v) is 4.03. The van der Waals surface area contributed by atoms with Gasteiger partial charge >= 0.3 is 0 Å². The molecule has 1 aliphatic heterocycles. The van der Waals surface area contributed by atoms with Gasteiger partial charge in [0, 0.05) is 38.4 Å². The molecule has 2 atom stereocenters. The highest BCUT2D eigenvalue weighted by Gasteiger charge is 2.49. The van der Waals surface area contributed by atoms with Gasteiger partial charge in [0.15, 0.2) is 0 Å². The maximum atomic E-state index is 12.8. The van der Waals surface area contributed by atoms with Gasteiger partial charge in [-0.3, -0.25) is 9.59 Å². The molecule has 2 fully saturated rings. The van der Waals surface area contributed by atoms with Gasteiger partial charge in [-0.2, -0.15) is 0 Å². The largest absolute Gasteiger partial charge is 0.368 e. The van der Waals surface area contributed by atoms with E-state index in [0.717, 1.165) is 31.7 Å². The Morgan fingerprint density at radius 1 is 0.931 bits per heavy atom. The van der Waals surface area contributed by atoms with Crippen LogP contribution < -0.4 is 10.2 Å². The Bertz CT molecular complexity index is 885. The fraction of sp³-hybridized carbons (Fsp3) is 0.417. The molecule has 4 rings (SSSR count). The number of carbonyl (C=O) groups excluding carboxylic acids is 2. The summed E-state index contributed by atoms with van der Waals surface area (Å²) in [5, 5.41) is 2.98. The summed E-state index contributed by atoms with van der Waals surface area (Å²) < 4.78 is 0. The van der Waals surface area contributed by atoms with E-state index in [9.17, 15) is 9.59 Å². The van der Waals surface area contributed by atoms with Crippen molar-refractivity contribution in [3.8, 4) is 0 Å². The van der Waals surface area contributed by atoms with E-state index in [1.807, 2.05) is 36.1 Å². The second kappa shape index (κ2) is 8.27. The van der Waals surface area contributed by atoms with Crippen molar-refractivity contribution in [2.45, 2.75) is 26.8 Å². The average Bonchev–Trinajstić information content (AvgIpc) is 3.54. The van der Waals surface area contributed by atoms with Gasteiger partial charge in [0.1, 0.15) is 0 Å². The van der Waals surface area contributed by atoms with E-state index in [-0.39, 0.29) is 23.7 Å². The molecular formula is C24H29N3O2. The summed E-state index contributed by atoms with van der Waals surface area (Å²) >= 11 is 0. The lowest BCUT2D eigenvalue weighted by Crippen LogP contribution is -2.49. The molecule has 0 bridgehead atoms. The molecule has 0 spiro atoms. The van der Waals surface area contributed by atoms with Crippen molar-refractivity contribution in [2.75, 3.05) is 31.1 Å². The lowest BCUT2D eigenvalue weighted by atomic mass is 10.1. The van der Waals surface area contributed by atoms with Crippen LogP contribution >= 0.6 is 0 Å². The molecule has 5 nitrogen and oxygen atoms in total. The van der Waals surface area contributed by atoms with Crippen LogP contribution in [0.4, 0.5) is 5.69 Å². The summed E-state index contributed by atoms with van der Waals surface area (Å²) in [7, 11) is 0. The minimum Gasteiger partial charge on any atom is -0.368 e. The van der Waals surface area contributed by atoms with Crippen LogP contribution in [0.1, 0.15) is 23.1 Å². The summed E-state index contributed by atoms with van der Waals surface area (Å²) in [5.41, 5.74) is 4.76. The predicted octanol–water partition coefficient (Wildman–Crippen LogP) is 2.90. The molecule has 29 heavy (non-hydrogen) atoms. The molecule has 2 aromatic rings. The molecule has 2 unspecified atom stereocenters. The maximum Gasteiger partial charge on any atom is 0.226 e. The molecule has 1 heterocycles. The summed E-state index contributed by atoms with van der Waals surface area (Å²) in [5.74, 6) is -0.159. The number of nitrogens with one attached hydrogen (secondary N) is 1. The normalized spacial score (nSPS) is 21.0. The molecule has 0 radical (unpaired) electrons. The van der Waals surface area contributed by atoms with Gasteiger partial charge in [-0.05, 0) is 43.5 Å². The van der Waals surface area contributed by atoms with Crippen LogP contribution in [-0.4, -0.2) is 42.9 Å². The van der Waals surface area contributed by atoms with Crippen molar-refractivity contribution >= 4 is 17.5 Å².